The lowest BCUT2D eigenvalue weighted by Gasteiger charge is -2.09. The average molecular weight is 335 g/mol. The smallest absolute Gasteiger partial charge is 0.145 e. The van der Waals surface area contributed by atoms with E-state index in [1.54, 1.807) is 30.4 Å². The molecule has 0 unspecified atom stereocenters. The van der Waals surface area contributed by atoms with Crippen molar-refractivity contribution in [1.82, 2.24) is 29.4 Å². The van der Waals surface area contributed by atoms with E-state index in [0.29, 0.717) is 12.4 Å². The third kappa shape index (κ3) is 2.89. The Morgan fingerprint density at radius 3 is 2.72 bits per heavy atom. The standard InChI is InChI=1S/C17H17N7O/c1-23-10-14(8-21-23)12-5-15(25-2)17-13(7-22-24(17)11-12)6-20-16-9-18-3-4-19-16/h3-5,7-11H,6H2,1-2H3,(H,19,20). The molecule has 0 aromatic carbocycles. The zero-order valence-corrected chi connectivity index (χ0v) is 13.9. The molecular formula is C17H17N7O. The Morgan fingerprint density at radius 2 is 2.00 bits per heavy atom. The van der Waals surface area contributed by atoms with Crippen molar-refractivity contribution in [2.75, 3.05) is 12.4 Å². The van der Waals surface area contributed by atoms with Crippen LogP contribution in [0.3, 0.4) is 0 Å². The number of methoxy groups -OCH3 is 1. The van der Waals surface area contributed by atoms with Gasteiger partial charge in [0, 0.05) is 55.1 Å². The van der Waals surface area contributed by atoms with E-state index >= 15 is 0 Å². The molecule has 4 aromatic heterocycles. The molecule has 4 heterocycles. The molecule has 0 aliphatic heterocycles. The molecule has 0 aliphatic carbocycles. The molecule has 25 heavy (non-hydrogen) atoms. The maximum Gasteiger partial charge on any atom is 0.145 e. The molecule has 0 atom stereocenters. The molecular weight excluding hydrogens is 318 g/mol. The number of hydrogen-bond acceptors (Lipinski definition) is 6. The summed E-state index contributed by atoms with van der Waals surface area (Å²) in [6.45, 7) is 0.574. The fraction of sp³-hybridized carbons (Fsp3) is 0.176. The van der Waals surface area contributed by atoms with Crippen molar-refractivity contribution >= 4 is 11.3 Å². The summed E-state index contributed by atoms with van der Waals surface area (Å²) in [5, 5.41) is 11.9. The van der Waals surface area contributed by atoms with E-state index in [1.807, 2.05) is 42.4 Å². The highest BCUT2D eigenvalue weighted by Gasteiger charge is 2.13. The number of nitrogens with zero attached hydrogens (tertiary/aromatic N) is 6. The number of aromatic nitrogens is 6. The molecule has 8 nitrogen and oxygen atoms in total. The van der Waals surface area contributed by atoms with E-state index in [4.69, 9.17) is 4.74 Å². The molecule has 4 rings (SSSR count). The minimum absolute atomic E-state index is 0.574. The van der Waals surface area contributed by atoms with E-state index in [0.717, 1.165) is 28.0 Å². The van der Waals surface area contributed by atoms with E-state index in [-0.39, 0.29) is 0 Å². The zero-order valence-electron chi connectivity index (χ0n) is 13.9. The maximum absolute atomic E-state index is 5.60. The van der Waals surface area contributed by atoms with E-state index < -0.39 is 0 Å². The number of ether oxygens (including phenoxy) is 1. The maximum atomic E-state index is 5.60. The molecule has 0 saturated carbocycles. The molecule has 0 amide bonds. The summed E-state index contributed by atoms with van der Waals surface area (Å²) in [6, 6.07) is 2.00. The second kappa shape index (κ2) is 6.23. The van der Waals surface area contributed by atoms with E-state index in [2.05, 4.69) is 25.5 Å². The van der Waals surface area contributed by atoms with Gasteiger partial charge < -0.3 is 10.1 Å². The Labute approximate surface area is 144 Å². The van der Waals surface area contributed by atoms with Crippen molar-refractivity contribution in [3.63, 3.8) is 0 Å². The zero-order chi connectivity index (χ0) is 17.2. The number of nitrogens with one attached hydrogen (secondary N) is 1. The van der Waals surface area contributed by atoms with Crippen LogP contribution in [0.2, 0.25) is 0 Å². The summed E-state index contributed by atoms with van der Waals surface area (Å²) < 4.78 is 9.20. The fourth-order valence-corrected chi connectivity index (χ4v) is 2.73. The van der Waals surface area contributed by atoms with Gasteiger partial charge in [-0.3, -0.25) is 9.67 Å². The van der Waals surface area contributed by atoms with Crippen molar-refractivity contribution in [3.8, 4) is 16.9 Å². The predicted molar refractivity (Wildman–Crippen MR) is 93.3 cm³/mol. The number of rotatable bonds is 5. The third-order valence-corrected chi connectivity index (χ3v) is 3.93. The van der Waals surface area contributed by atoms with E-state index in [9.17, 15) is 0 Å². The largest absolute Gasteiger partial charge is 0.494 e. The van der Waals surface area contributed by atoms with Crippen LogP contribution >= 0.6 is 0 Å². The SMILES string of the molecule is COc1cc(-c2cnn(C)c2)cn2ncc(CNc3cnccn3)c12. The fourth-order valence-electron chi connectivity index (χ4n) is 2.73. The van der Waals surface area contributed by atoms with Crippen LogP contribution in [0.5, 0.6) is 5.75 Å². The minimum Gasteiger partial charge on any atom is -0.494 e. The van der Waals surface area contributed by atoms with Crippen LogP contribution in [0.25, 0.3) is 16.6 Å². The number of fused-ring (bicyclic) bond motifs is 1. The van der Waals surface area contributed by atoms with Gasteiger partial charge in [-0.15, -0.1) is 0 Å². The first kappa shape index (κ1) is 15.1. The Hall–Kier alpha value is -3.42. The predicted octanol–water partition coefficient (Wildman–Crippen LogP) is 2.15. The summed E-state index contributed by atoms with van der Waals surface area (Å²) >= 11 is 0. The van der Waals surface area contributed by atoms with Crippen molar-refractivity contribution in [3.05, 3.63) is 55.0 Å². The van der Waals surface area contributed by atoms with Gasteiger partial charge in [0.25, 0.3) is 0 Å². The van der Waals surface area contributed by atoms with Crippen LogP contribution in [0.4, 0.5) is 5.82 Å². The molecule has 1 N–H and O–H groups in total. The lowest BCUT2D eigenvalue weighted by atomic mass is 10.1. The average Bonchev–Trinajstić information content (AvgIpc) is 3.26. The van der Waals surface area contributed by atoms with E-state index in [1.165, 1.54) is 0 Å². The molecule has 0 saturated heterocycles. The van der Waals surface area contributed by atoms with Crippen molar-refractivity contribution in [1.29, 1.82) is 0 Å². The van der Waals surface area contributed by atoms with Gasteiger partial charge in [0.2, 0.25) is 0 Å². The summed E-state index contributed by atoms with van der Waals surface area (Å²) in [6.07, 6.45) is 12.6. The van der Waals surface area contributed by atoms with Gasteiger partial charge in [-0.25, -0.2) is 9.50 Å². The Morgan fingerprint density at radius 1 is 1.08 bits per heavy atom. The first-order valence-corrected chi connectivity index (χ1v) is 7.78. The van der Waals surface area contributed by atoms with Crippen molar-refractivity contribution in [2.45, 2.75) is 6.54 Å². The summed E-state index contributed by atoms with van der Waals surface area (Å²) in [5.41, 5.74) is 3.94. The van der Waals surface area contributed by atoms with Gasteiger partial charge in [-0.2, -0.15) is 10.2 Å². The summed E-state index contributed by atoms with van der Waals surface area (Å²) in [4.78, 5) is 8.26. The van der Waals surface area contributed by atoms with Crippen LogP contribution < -0.4 is 10.1 Å². The van der Waals surface area contributed by atoms with Gasteiger partial charge in [-0.05, 0) is 6.07 Å². The highest BCUT2D eigenvalue weighted by Crippen LogP contribution is 2.29. The number of pyridine rings is 1. The van der Waals surface area contributed by atoms with Gasteiger partial charge in [0.15, 0.2) is 0 Å². The second-order valence-corrected chi connectivity index (χ2v) is 5.61. The Bertz CT molecular complexity index is 1010. The topological polar surface area (TPSA) is 82.2 Å². The first-order chi connectivity index (χ1) is 12.2. The van der Waals surface area contributed by atoms with Gasteiger partial charge >= 0.3 is 0 Å². The third-order valence-electron chi connectivity index (χ3n) is 3.93. The van der Waals surface area contributed by atoms with Crippen molar-refractivity contribution in [2.24, 2.45) is 7.05 Å². The lowest BCUT2D eigenvalue weighted by molar-refractivity contribution is 0.417. The minimum atomic E-state index is 0.574. The van der Waals surface area contributed by atoms with Gasteiger partial charge in [-0.1, -0.05) is 0 Å². The van der Waals surface area contributed by atoms with Crippen LogP contribution in [0.15, 0.2) is 49.4 Å². The molecule has 0 aliphatic rings. The molecule has 0 radical (unpaired) electrons. The summed E-state index contributed by atoms with van der Waals surface area (Å²) in [7, 11) is 3.55. The molecule has 0 spiro atoms. The summed E-state index contributed by atoms with van der Waals surface area (Å²) in [5.74, 6) is 1.47. The highest BCUT2D eigenvalue weighted by molar-refractivity contribution is 5.73. The van der Waals surface area contributed by atoms with Gasteiger partial charge in [0.05, 0.1) is 25.7 Å². The van der Waals surface area contributed by atoms with Crippen LogP contribution in [0, 0.1) is 0 Å². The molecule has 4 aromatic rings. The molecule has 0 fully saturated rings. The number of hydrogen-bond donors (Lipinski definition) is 1. The number of aryl methyl sites for hydroxylation is 1. The molecule has 0 bridgehead atoms. The Kier molecular flexibility index (Phi) is 3.77. The van der Waals surface area contributed by atoms with Crippen molar-refractivity contribution < 1.29 is 4.74 Å². The molecule has 8 heteroatoms. The number of anilines is 1. The first-order valence-electron chi connectivity index (χ1n) is 7.78. The normalized spacial score (nSPS) is 11.0. The quantitative estimate of drug-likeness (QED) is 0.602. The van der Waals surface area contributed by atoms with Crippen LogP contribution in [-0.2, 0) is 13.6 Å². The van der Waals surface area contributed by atoms with Crippen LogP contribution in [-0.4, -0.2) is 36.5 Å². The van der Waals surface area contributed by atoms with Gasteiger partial charge in [0.1, 0.15) is 17.1 Å². The molecule has 126 valence electrons. The lowest BCUT2D eigenvalue weighted by Crippen LogP contribution is -2.02. The highest BCUT2D eigenvalue weighted by atomic mass is 16.5. The van der Waals surface area contributed by atoms with Crippen LogP contribution in [0.1, 0.15) is 5.56 Å². The second-order valence-electron chi connectivity index (χ2n) is 5.61. The monoisotopic (exact) mass is 335 g/mol. The Balaban J connectivity index is 1.70.